The highest BCUT2D eigenvalue weighted by atomic mass is 35.5. The van der Waals surface area contributed by atoms with Crippen molar-refractivity contribution in [2.24, 2.45) is 0 Å². The topological polar surface area (TPSA) is 78.6 Å². The number of ether oxygens (including phenoxy) is 1. The van der Waals surface area contributed by atoms with Gasteiger partial charge in [0, 0.05) is 0 Å². The fourth-order valence-corrected chi connectivity index (χ4v) is 1.73. The lowest BCUT2D eigenvalue weighted by atomic mass is 10.3. The fraction of sp³-hybridized carbons (Fsp3) is 0. The van der Waals surface area contributed by atoms with Gasteiger partial charge < -0.3 is 4.74 Å². The lowest BCUT2D eigenvalue weighted by Gasteiger charge is -2.06. The zero-order valence-corrected chi connectivity index (χ0v) is 11.3. The van der Waals surface area contributed by atoms with E-state index in [1.165, 1.54) is 17.3 Å². The molecule has 3 rings (SSSR count). The van der Waals surface area contributed by atoms with Crippen molar-refractivity contribution in [1.29, 1.82) is 0 Å². The highest BCUT2D eigenvalue weighted by Gasteiger charge is 2.10. The number of rotatable bonds is 3. The molecule has 0 N–H and O–H groups in total. The Morgan fingerprint density at radius 2 is 1.90 bits per heavy atom. The third kappa shape index (κ3) is 2.68. The molecular formula is C11H6Cl2N6O. The number of hydrogen-bond donors (Lipinski definition) is 0. The maximum absolute atomic E-state index is 6.00. The average molecular weight is 309 g/mol. The summed E-state index contributed by atoms with van der Waals surface area (Å²) in [6, 6.07) is 6.97. The Kier molecular flexibility index (Phi) is 3.44. The van der Waals surface area contributed by atoms with Gasteiger partial charge in [0.05, 0.1) is 5.02 Å². The van der Waals surface area contributed by atoms with Crippen LogP contribution in [-0.2, 0) is 0 Å². The van der Waals surface area contributed by atoms with Crippen LogP contribution in [-0.4, -0.2) is 29.7 Å². The molecule has 2 aromatic heterocycles. The van der Waals surface area contributed by atoms with Crippen LogP contribution in [0.5, 0.6) is 11.8 Å². The molecule has 0 aliphatic heterocycles. The molecule has 0 radical (unpaired) electrons. The normalized spacial score (nSPS) is 10.5. The monoisotopic (exact) mass is 308 g/mol. The second-order valence-corrected chi connectivity index (χ2v) is 4.30. The largest absolute Gasteiger partial charge is 0.423 e. The van der Waals surface area contributed by atoms with Gasteiger partial charge in [-0.25, -0.2) is 4.98 Å². The van der Waals surface area contributed by atoms with Crippen LogP contribution in [0.3, 0.4) is 0 Å². The Morgan fingerprint density at radius 3 is 2.65 bits per heavy atom. The minimum atomic E-state index is -0.0208. The Bertz CT molecular complexity index is 734. The van der Waals surface area contributed by atoms with Crippen LogP contribution in [0, 0.1) is 0 Å². The van der Waals surface area contributed by atoms with Crippen LogP contribution >= 0.6 is 23.2 Å². The highest BCUT2D eigenvalue weighted by Crippen LogP contribution is 2.27. The van der Waals surface area contributed by atoms with Crippen LogP contribution in [0.15, 0.2) is 36.9 Å². The van der Waals surface area contributed by atoms with E-state index >= 15 is 0 Å². The van der Waals surface area contributed by atoms with Crippen molar-refractivity contribution in [3.8, 4) is 17.7 Å². The van der Waals surface area contributed by atoms with Gasteiger partial charge in [-0.2, -0.15) is 24.7 Å². The van der Waals surface area contributed by atoms with Gasteiger partial charge in [0.1, 0.15) is 18.4 Å². The van der Waals surface area contributed by atoms with Gasteiger partial charge in [0.15, 0.2) is 0 Å². The third-order valence-corrected chi connectivity index (χ3v) is 2.72. The summed E-state index contributed by atoms with van der Waals surface area (Å²) in [4.78, 5) is 15.7. The van der Waals surface area contributed by atoms with Crippen molar-refractivity contribution in [3.63, 3.8) is 0 Å². The van der Waals surface area contributed by atoms with Gasteiger partial charge >= 0.3 is 6.01 Å². The Hall–Kier alpha value is -2.25. The van der Waals surface area contributed by atoms with E-state index in [1.807, 2.05) is 0 Å². The van der Waals surface area contributed by atoms with Gasteiger partial charge in [-0.3, -0.25) is 0 Å². The number of nitrogens with zero attached hydrogens (tertiary/aromatic N) is 6. The molecule has 20 heavy (non-hydrogen) atoms. The number of hydrogen-bond acceptors (Lipinski definition) is 6. The fourth-order valence-electron chi connectivity index (χ4n) is 1.41. The molecule has 0 amide bonds. The Labute approximate surface area is 123 Å². The van der Waals surface area contributed by atoms with Crippen LogP contribution in [0.2, 0.25) is 10.3 Å². The van der Waals surface area contributed by atoms with Crippen molar-refractivity contribution in [1.82, 2.24) is 29.7 Å². The number of para-hydroxylation sites is 1. The molecule has 0 spiro atoms. The van der Waals surface area contributed by atoms with E-state index in [0.29, 0.717) is 10.8 Å². The van der Waals surface area contributed by atoms with E-state index in [1.54, 1.807) is 24.3 Å². The minimum absolute atomic E-state index is 0.0172. The van der Waals surface area contributed by atoms with Gasteiger partial charge in [-0.15, -0.1) is 0 Å². The van der Waals surface area contributed by atoms with Gasteiger partial charge in [-0.1, -0.05) is 23.7 Å². The van der Waals surface area contributed by atoms with E-state index in [0.717, 1.165) is 0 Å². The van der Waals surface area contributed by atoms with Gasteiger partial charge in [-0.05, 0) is 23.7 Å². The molecular weight excluding hydrogens is 303 g/mol. The molecule has 1 aromatic carbocycles. The van der Waals surface area contributed by atoms with E-state index in [2.05, 4.69) is 25.0 Å². The van der Waals surface area contributed by atoms with E-state index in [9.17, 15) is 0 Å². The molecule has 0 unspecified atom stereocenters. The quantitative estimate of drug-likeness (QED) is 0.740. The minimum Gasteiger partial charge on any atom is -0.423 e. The van der Waals surface area contributed by atoms with E-state index in [4.69, 9.17) is 27.9 Å². The second kappa shape index (κ2) is 5.40. The summed E-state index contributed by atoms with van der Waals surface area (Å²) in [7, 11) is 0. The summed E-state index contributed by atoms with van der Waals surface area (Å²) in [6.07, 6.45) is 2.79. The molecule has 0 atom stereocenters. The molecule has 0 saturated carbocycles. The van der Waals surface area contributed by atoms with Crippen LogP contribution in [0.4, 0.5) is 0 Å². The molecule has 3 aromatic rings. The smallest absolute Gasteiger partial charge is 0.328 e. The first-order chi connectivity index (χ1) is 9.72. The summed E-state index contributed by atoms with van der Waals surface area (Å²) in [5, 5.41) is 4.32. The summed E-state index contributed by atoms with van der Waals surface area (Å²) >= 11 is 11.8. The number of benzene rings is 1. The van der Waals surface area contributed by atoms with Crippen LogP contribution in [0.25, 0.3) is 5.95 Å². The SMILES string of the molecule is Clc1nc(Oc2ccccc2Cl)nc(-n2cncn2)n1. The van der Waals surface area contributed by atoms with E-state index < -0.39 is 0 Å². The molecule has 2 heterocycles. The predicted molar refractivity (Wildman–Crippen MR) is 71.3 cm³/mol. The Balaban J connectivity index is 1.97. The summed E-state index contributed by atoms with van der Waals surface area (Å²) in [5.41, 5.74) is 0. The van der Waals surface area contributed by atoms with Crippen molar-refractivity contribution >= 4 is 23.2 Å². The third-order valence-electron chi connectivity index (χ3n) is 2.24. The molecule has 100 valence electrons. The first-order valence-corrected chi connectivity index (χ1v) is 6.17. The lowest BCUT2D eigenvalue weighted by molar-refractivity contribution is 0.437. The summed E-state index contributed by atoms with van der Waals surface area (Å²) in [6.45, 7) is 0. The number of aromatic nitrogens is 6. The standard InChI is InChI=1S/C11H6Cl2N6O/c12-7-3-1-2-4-8(7)20-11-17-9(13)16-10(18-11)19-6-14-5-15-19/h1-6H. The maximum atomic E-state index is 6.00. The van der Waals surface area contributed by atoms with Gasteiger partial charge in [0.25, 0.3) is 5.95 Å². The zero-order valence-electron chi connectivity index (χ0n) is 9.81. The lowest BCUT2D eigenvalue weighted by Crippen LogP contribution is -2.05. The molecule has 0 aliphatic carbocycles. The van der Waals surface area contributed by atoms with Crippen molar-refractivity contribution in [3.05, 3.63) is 47.2 Å². The average Bonchev–Trinajstić information content (AvgIpc) is 2.95. The van der Waals surface area contributed by atoms with Gasteiger partial charge in [0.2, 0.25) is 5.28 Å². The predicted octanol–water partition coefficient (Wildman–Crippen LogP) is 2.55. The highest BCUT2D eigenvalue weighted by molar-refractivity contribution is 6.32. The molecule has 0 bridgehead atoms. The zero-order chi connectivity index (χ0) is 13.9. The first kappa shape index (κ1) is 12.8. The van der Waals surface area contributed by atoms with Crippen molar-refractivity contribution in [2.75, 3.05) is 0 Å². The molecule has 9 heteroatoms. The first-order valence-electron chi connectivity index (χ1n) is 5.41. The molecule has 0 aliphatic rings. The summed E-state index contributed by atoms with van der Waals surface area (Å²) in [5.74, 6) is 0.616. The summed E-state index contributed by atoms with van der Waals surface area (Å²) < 4.78 is 6.83. The van der Waals surface area contributed by atoms with E-state index in [-0.39, 0.29) is 17.2 Å². The molecule has 0 fully saturated rings. The maximum Gasteiger partial charge on any atom is 0.328 e. The second-order valence-electron chi connectivity index (χ2n) is 3.56. The Morgan fingerprint density at radius 1 is 1.05 bits per heavy atom. The molecule has 7 nitrogen and oxygen atoms in total. The van der Waals surface area contributed by atoms with Crippen LogP contribution in [0.1, 0.15) is 0 Å². The molecule has 0 saturated heterocycles. The van der Waals surface area contributed by atoms with Crippen LogP contribution < -0.4 is 4.74 Å². The van der Waals surface area contributed by atoms with Crippen molar-refractivity contribution in [2.45, 2.75) is 0 Å². The number of halogens is 2. The van der Waals surface area contributed by atoms with Crippen molar-refractivity contribution < 1.29 is 4.74 Å².